The van der Waals surface area contributed by atoms with Crippen LogP contribution >= 0.6 is 0 Å². The third-order valence-electron chi connectivity index (χ3n) is 3.84. The van der Waals surface area contributed by atoms with E-state index >= 15 is 0 Å². The number of anilines is 1. The molecule has 1 N–H and O–H groups in total. The van der Waals surface area contributed by atoms with Gasteiger partial charge in [0, 0.05) is 55.4 Å². The highest BCUT2D eigenvalue weighted by Crippen LogP contribution is 2.28. The molecule has 0 saturated carbocycles. The molecular weight excluding hydrogens is 248 g/mol. The van der Waals surface area contributed by atoms with Crippen molar-refractivity contribution in [1.82, 2.24) is 15.2 Å². The minimum atomic E-state index is 0.499. The summed E-state index contributed by atoms with van der Waals surface area (Å²) in [5.41, 5.74) is 2.67. The molecule has 1 atom stereocenters. The minimum Gasteiger partial charge on any atom is -0.367 e. The van der Waals surface area contributed by atoms with Crippen LogP contribution in [0.25, 0.3) is 0 Å². The van der Waals surface area contributed by atoms with E-state index < -0.39 is 0 Å². The predicted molar refractivity (Wildman–Crippen MR) is 85.1 cm³/mol. The van der Waals surface area contributed by atoms with Crippen LogP contribution in [0.3, 0.4) is 0 Å². The molecule has 2 rings (SSSR count). The van der Waals surface area contributed by atoms with Gasteiger partial charge in [0.1, 0.15) is 0 Å². The maximum atomic E-state index is 4.30. The van der Waals surface area contributed by atoms with E-state index in [1.165, 1.54) is 24.1 Å². The van der Waals surface area contributed by atoms with Gasteiger partial charge in [-0.25, -0.2) is 0 Å². The number of likely N-dealkylation sites (N-methyl/N-ethyl adjacent to an activating group) is 1. The van der Waals surface area contributed by atoms with Crippen molar-refractivity contribution >= 4 is 5.69 Å². The number of hydrogen-bond donors (Lipinski definition) is 1. The zero-order valence-corrected chi connectivity index (χ0v) is 13.3. The van der Waals surface area contributed by atoms with E-state index in [2.05, 4.69) is 54.1 Å². The maximum Gasteiger partial charge on any atom is 0.0445 e. The zero-order chi connectivity index (χ0) is 14.5. The Bertz CT molecular complexity index is 417. The molecule has 1 aliphatic rings. The van der Waals surface area contributed by atoms with Gasteiger partial charge in [-0.1, -0.05) is 13.8 Å². The molecule has 1 saturated heterocycles. The lowest BCUT2D eigenvalue weighted by atomic mass is 10.1. The van der Waals surface area contributed by atoms with Gasteiger partial charge in [0.2, 0.25) is 0 Å². The van der Waals surface area contributed by atoms with E-state index in [9.17, 15) is 0 Å². The molecular formula is C16H28N4. The average Bonchev–Trinajstić information content (AvgIpc) is 2.83. The topological polar surface area (TPSA) is 31.4 Å². The average molecular weight is 276 g/mol. The van der Waals surface area contributed by atoms with Gasteiger partial charge in [-0.3, -0.25) is 4.98 Å². The maximum absolute atomic E-state index is 4.30. The molecule has 1 aromatic rings. The molecule has 2 heterocycles. The van der Waals surface area contributed by atoms with Crippen molar-refractivity contribution in [3.63, 3.8) is 0 Å². The largest absolute Gasteiger partial charge is 0.367 e. The van der Waals surface area contributed by atoms with E-state index in [1.54, 1.807) is 0 Å². The van der Waals surface area contributed by atoms with Gasteiger partial charge < -0.3 is 15.1 Å². The van der Waals surface area contributed by atoms with Gasteiger partial charge in [-0.05, 0) is 33.0 Å². The second-order valence-electron chi connectivity index (χ2n) is 6.29. The first-order valence-corrected chi connectivity index (χ1v) is 7.65. The summed E-state index contributed by atoms with van der Waals surface area (Å²) >= 11 is 0. The Balaban J connectivity index is 2.14. The van der Waals surface area contributed by atoms with Crippen LogP contribution in [0.5, 0.6) is 0 Å². The van der Waals surface area contributed by atoms with Crippen LogP contribution in [-0.4, -0.2) is 49.2 Å². The van der Waals surface area contributed by atoms with Crippen LogP contribution in [0.4, 0.5) is 5.69 Å². The second-order valence-corrected chi connectivity index (χ2v) is 6.29. The summed E-state index contributed by atoms with van der Waals surface area (Å²) in [6.45, 7) is 7.55. The number of hydrogen-bond acceptors (Lipinski definition) is 4. The molecule has 0 spiro atoms. The van der Waals surface area contributed by atoms with E-state index in [4.69, 9.17) is 0 Å². The molecule has 1 fully saturated rings. The fourth-order valence-electron chi connectivity index (χ4n) is 2.91. The van der Waals surface area contributed by atoms with Crippen molar-refractivity contribution < 1.29 is 0 Å². The van der Waals surface area contributed by atoms with Gasteiger partial charge >= 0.3 is 0 Å². The van der Waals surface area contributed by atoms with Crippen LogP contribution in [0, 0.1) is 0 Å². The lowest BCUT2D eigenvalue weighted by Crippen LogP contribution is -2.38. The highest BCUT2D eigenvalue weighted by Gasteiger charge is 2.26. The Kier molecular flexibility index (Phi) is 5.38. The molecule has 112 valence electrons. The van der Waals surface area contributed by atoms with Gasteiger partial charge in [-0.15, -0.1) is 0 Å². The molecule has 4 nitrogen and oxygen atoms in total. The number of nitrogens with zero attached hydrogens (tertiary/aromatic N) is 3. The summed E-state index contributed by atoms with van der Waals surface area (Å²) in [7, 11) is 4.31. The fraction of sp³-hybridized carbons (Fsp3) is 0.688. The van der Waals surface area contributed by atoms with E-state index in [0.29, 0.717) is 12.1 Å². The van der Waals surface area contributed by atoms with Gasteiger partial charge in [0.25, 0.3) is 0 Å². The fourth-order valence-corrected chi connectivity index (χ4v) is 2.91. The lowest BCUT2D eigenvalue weighted by Gasteiger charge is -2.30. The van der Waals surface area contributed by atoms with Crippen molar-refractivity contribution in [2.24, 2.45) is 0 Å². The Morgan fingerprint density at radius 1 is 1.45 bits per heavy atom. The Hall–Kier alpha value is -1.13. The van der Waals surface area contributed by atoms with Gasteiger partial charge in [0.15, 0.2) is 0 Å². The molecule has 0 amide bonds. The summed E-state index contributed by atoms with van der Waals surface area (Å²) in [5.74, 6) is 0. The van der Waals surface area contributed by atoms with E-state index in [1.807, 2.05) is 12.4 Å². The standard InChI is InChI=1S/C16H28N4/c1-13(2)18-11-14-10-17-8-7-16(14)20-9-5-6-15(20)12-19(3)4/h7-8,10,13,15,18H,5-6,9,11-12H2,1-4H3. The van der Waals surface area contributed by atoms with Crippen molar-refractivity contribution in [2.75, 3.05) is 32.1 Å². The van der Waals surface area contributed by atoms with Crippen LogP contribution in [0.2, 0.25) is 0 Å². The third-order valence-corrected chi connectivity index (χ3v) is 3.84. The van der Waals surface area contributed by atoms with Crippen LogP contribution in [0.15, 0.2) is 18.5 Å². The van der Waals surface area contributed by atoms with Crippen LogP contribution < -0.4 is 10.2 Å². The molecule has 20 heavy (non-hydrogen) atoms. The lowest BCUT2D eigenvalue weighted by molar-refractivity contribution is 0.372. The minimum absolute atomic E-state index is 0.499. The molecule has 1 aromatic heterocycles. The second kappa shape index (κ2) is 7.04. The van der Waals surface area contributed by atoms with Crippen LogP contribution in [-0.2, 0) is 6.54 Å². The molecule has 0 aliphatic carbocycles. The monoisotopic (exact) mass is 276 g/mol. The van der Waals surface area contributed by atoms with E-state index in [0.717, 1.165) is 19.6 Å². The molecule has 1 unspecified atom stereocenters. The van der Waals surface area contributed by atoms with Crippen molar-refractivity contribution in [3.05, 3.63) is 24.0 Å². The first-order chi connectivity index (χ1) is 9.58. The summed E-state index contributed by atoms with van der Waals surface area (Å²) in [6.07, 6.45) is 6.50. The Morgan fingerprint density at radius 2 is 2.25 bits per heavy atom. The molecule has 0 aromatic carbocycles. The first-order valence-electron chi connectivity index (χ1n) is 7.65. The molecule has 0 radical (unpaired) electrons. The zero-order valence-electron chi connectivity index (χ0n) is 13.3. The Morgan fingerprint density at radius 3 is 2.95 bits per heavy atom. The number of rotatable bonds is 6. The van der Waals surface area contributed by atoms with Gasteiger partial charge in [0.05, 0.1) is 0 Å². The molecule has 4 heteroatoms. The summed E-state index contributed by atoms with van der Waals surface area (Å²) in [5, 5.41) is 3.50. The first kappa shape index (κ1) is 15.3. The van der Waals surface area contributed by atoms with Gasteiger partial charge in [-0.2, -0.15) is 0 Å². The van der Waals surface area contributed by atoms with E-state index in [-0.39, 0.29) is 0 Å². The number of nitrogens with one attached hydrogen (secondary N) is 1. The SMILES string of the molecule is CC(C)NCc1cnccc1N1CCCC1CN(C)C. The van der Waals surface area contributed by atoms with Crippen molar-refractivity contribution in [2.45, 2.75) is 45.3 Å². The Labute approximate surface area is 123 Å². The smallest absolute Gasteiger partial charge is 0.0445 e. The van der Waals surface area contributed by atoms with Crippen LogP contribution in [0.1, 0.15) is 32.3 Å². The number of pyridine rings is 1. The number of aromatic nitrogens is 1. The highest BCUT2D eigenvalue weighted by atomic mass is 15.2. The van der Waals surface area contributed by atoms with Crippen molar-refractivity contribution in [3.8, 4) is 0 Å². The summed E-state index contributed by atoms with van der Waals surface area (Å²) in [4.78, 5) is 9.16. The predicted octanol–water partition coefficient (Wildman–Crippen LogP) is 2.11. The molecule has 0 bridgehead atoms. The summed E-state index contributed by atoms with van der Waals surface area (Å²) in [6, 6.07) is 3.30. The normalized spacial score (nSPS) is 19.3. The van der Waals surface area contributed by atoms with Crippen molar-refractivity contribution in [1.29, 1.82) is 0 Å². The highest BCUT2D eigenvalue weighted by molar-refractivity contribution is 5.54. The summed E-state index contributed by atoms with van der Waals surface area (Å²) < 4.78 is 0. The third kappa shape index (κ3) is 3.93. The quantitative estimate of drug-likeness (QED) is 0.862. The molecule has 1 aliphatic heterocycles.